The second-order valence-electron chi connectivity index (χ2n) is 14.9. The summed E-state index contributed by atoms with van der Waals surface area (Å²) >= 11 is 0. The summed E-state index contributed by atoms with van der Waals surface area (Å²) in [4.78, 5) is 2.44. The number of benzene rings is 10. The van der Waals surface area contributed by atoms with Crippen molar-refractivity contribution in [3.8, 4) is 16.8 Å². The number of para-hydroxylation sites is 3. The average molecular weight is 727 g/mol. The maximum absolute atomic E-state index is 6.57. The van der Waals surface area contributed by atoms with Crippen molar-refractivity contribution in [2.75, 3.05) is 4.90 Å². The van der Waals surface area contributed by atoms with Gasteiger partial charge in [0.05, 0.1) is 22.4 Å². The van der Waals surface area contributed by atoms with Gasteiger partial charge < -0.3 is 13.9 Å². The molecule has 3 nitrogen and oxygen atoms in total. The minimum Gasteiger partial charge on any atom is -0.455 e. The molecule has 57 heavy (non-hydrogen) atoms. The van der Waals surface area contributed by atoms with Gasteiger partial charge >= 0.3 is 0 Å². The third kappa shape index (κ3) is 4.86. The number of hydrogen-bond donors (Lipinski definition) is 0. The quantitative estimate of drug-likeness (QED) is 0.165. The van der Waals surface area contributed by atoms with Crippen molar-refractivity contribution in [1.29, 1.82) is 0 Å². The molecule has 0 bridgehead atoms. The number of furan rings is 1. The number of nitrogens with zero attached hydrogens (tertiary/aromatic N) is 2. The second kappa shape index (κ2) is 12.5. The largest absolute Gasteiger partial charge is 0.455 e. The molecule has 0 aliphatic carbocycles. The molecule has 12 rings (SSSR count). The van der Waals surface area contributed by atoms with Crippen molar-refractivity contribution in [1.82, 2.24) is 4.57 Å². The second-order valence-corrected chi connectivity index (χ2v) is 14.9. The number of aromatic nitrogens is 1. The molecule has 12 aromatic rings. The van der Waals surface area contributed by atoms with Gasteiger partial charge in [0.1, 0.15) is 11.2 Å². The van der Waals surface area contributed by atoms with E-state index >= 15 is 0 Å². The van der Waals surface area contributed by atoms with Crippen LogP contribution in [0.15, 0.2) is 211 Å². The number of hydrogen-bond acceptors (Lipinski definition) is 2. The van der Waals surface area contributed by atoms with Gasteiger partial charge in [-0.05, 0) is 94.0 Å². The Hall–Kier alpha value is -7.62. The van der Waals surface area contributed by atoms with E-state index in [2.05, 4.69) is 210 Å². The Balaban J connectivity index is 1.06. The van der Waals surface area contributed by atoms with Gasteiger partial charge in [-0.2, -0.15) is 0 Å². The van der Waals surface area contributed by atoms with Crippen LogP contribution in [0.1, 0.15) is 0 Å². The summed E-state index contributed by atoms with van der Waals surface area (Å²) in [5.41, 5.74) is 11.1. The third-order valence-corrected chi connectivity index (χ3v) is 11.8. The number of rotatable bonds is 5. The van der Waals surface area contributed by atoms with Crippen molar-refractivity contribution in [3.05, 3.63) is 206 Å². The smallest absolute Gasteiger partial charge is 0.143 e. The van der Waals surface area contributed by atoms with Gasteiger partial charge in [-0.15, -0.1) is 0 Å². The summed E-state index contributed by atoms with van der Waals surface area (Å²) in [6, 6.07) is 74.5. The fraction of sp³-hybridized carbons (Fsp3) is 0. The lowest BCUT2D eigenvalue weighted by Gasteiger charge is -2.29. The molecule has 0 spiro atoms. The van der Waals surface area contributed by atoms with E-state index in [-0.39, 0.29) is 0 Å². The van der Waals surface area contributed by atoms with Crippen LogP contribution in [0.4, 0.5) is 17.1 Å². The summed E-state index contributed by atoms with van der Waals surface area (Å²) in [6.07, 6.45) is 0. The van der Waals surface area contributed by atoms with Crippen LogP contribution in [0.5, 0.6) is 0 Å². The molecule has 0 atom stereocenters. The highest BCUT2D eigenvalue weighted by molar-refractivity contribution is 6.20. The highest BCUT2D eigenvalue weighted by Gasteiger charge is 2.21. The molecule has 2 heterocycles. The molecule has 0 fully saturated rings. The first-order valence-electron chi connectivity index (χ1n) is 19.5. The molecule has 0 amide bonds. The first kappa shape index (κ1) is 31.7. The maximum atomic E-state index is 6.57. The Bertz CT molecular complexity index is 3520. The molecule has 0 aliphatic rings. The van der Waals surface area contributed by atoms with Crippen LogP contribution in [0.2, 0.25) is 0 Å². The summed E-state index contributed by atoms with van der Waals surface area (Å²) in [5.74, 6) is 0. The molecule has 0 radical (unpaired) electrons. The van der Waals surface area contributed by atoms with Crippen LogP contribution in [-0.2, 0) is 0 Å². The zero-order chi connectivity index (χ0) is 37.5. The Morgan fingerprint density at radius 1 is 0.351 bits per heavy atom. The maximum Gasteiger partial charge on any atom is 0.143 e. The van der Waals surface area contributed by atoms with Gasteiger partial charge in [0.25, 0.3) is 0 Å². The summed E-state index contributed by atoms with van der Waals surface area (Å²) in [6.45, 7) is 0. The average Bonchev–Trinajstić information content (AvgIpc) is 3.83. The lowest BCUT2D eigenvalue weighted by atomic mass is 9.97. The van der Waals surface area contributed by atoms with Gasteiger partial charge in [-0.1, -0.05) is 140 Å². The predicted molar refractivity (Wildman–Crippen MR) is 241 cm³/mol. The zero-order valence-corrected chi connectivity index (χ0v) is 30.9. The van der Waals surface area contributed by atoms with Gasteiger partial charge in [-0.25, -0.2) is 0 Å². The van der Waals surface area contributed by atoms with Crippen LogP contribution in [0.25, 0.3) is 92.9 Å². The fourth-order valence-corrected chi connectivity index (χ4v) is 9.16. The van der Waals surface area contributed by atoms with Gasteiger partial charge in [0.2, 0.25) is 0 Å². The highest BCUT2D eigenvalue weighted by atomic mass is 16.3. The van der Waals surface area contributed by atoms with Crippen molar-refractivity contribution in [3.63, 3.8) is 0 Å². The minimum absolute atomic E-state index is 0.904. The van der Waals surface area contributed by atoms with Crippen molar-refractivity contribution < 1.29 is 4.42 Å². The van der Waals surface area contributed by atoms with E-state index in [1.165, 1.54) is 54.5 Å². The lowest BCUT2D eigenvalue weighted by Crippen LogP contribution is -2.11. The van der Waals surface area contributed by atoms with Gasteiger partial charge in [0, 0.05) is 49.1 Å². The molecular weight excluding hydrogens is 693 g/mol. The number of fused-ring (bicyclic) bond motifs is 11. The molecule has 0 saturated carbocycles. The van der Waals surface area contributed by atoms with Crippen molar-refractivity contribution >= 4 is 93.1 Å². The standard InChI is InChI=1S/C54H34N2O/c1-2-14-38(15-3-1)55-49-22-10-8-19-43(49)48-33-36(27-32-51(48)55)35-25-28-39(29-26-35)56(52-34-37-13-4-5-16-40(37)41-17-6-7-18-42(41)52)50-23-12-21-46-44(50)30-31-47-45-20-9-11-24-53(45)57-54(46)47/h1-34H. The highest BCUT2D eigenvalue weighted by Crippen LogP contribution is 2.46. The van der Waals surface area contributed by atoms with Crippen LogP contribution >= 0.6 is 0 Å². The Kier molecular flexibility index (Phi) is 6.93. The van der Waals surface area contributed by atoms with Gasteiger partial charge in [0.15, 0.2) is 0 Å². The predicted octanol–water partition coefficient (Wildman–Crippen LogP) is 15.3. The molecule has 2 aromatic heterocycles. The SMILES string of the molecule is c1ccc(-n2c3ccccc3c3cc(-c4ccc(N(c5cc6ccccc6c6ccccc56)c5cccc6c5ccc5c7ccccc7oc65)cc4)ccc32)cc1. The Morgan fingerprint density at radius 2 is 0.965 bits per heavy atom. The molecule has 0 saturated heterocycles. The van der Waals surface area contributed by atoms with Crippen molar-refractivity contribution in [2.45, 2.75) is 0 Å². The van der Waals surface area contributed by atoms with E-state index < -0.39 is 0 Å². The van der Waals surface area contributed by atoms with Gasteiger partial charge in [-0.3, -0.25) is 0 Å². The van der Waals surface area contributed by atoms with E-state index in [0.29, 0.717) is 0 Å². The van der Waals surface area contributed by atoms with E-state index in [4.69, 9.17) is 4.42 Å². The molecule has 266 valence electrons. The molecule has 3 heteroatoms. The normalized spacial score (nSPS) is 11.9. The van der Waals surface area contributed by atoms with Crippen LogP contribution < -0.4 is 4.90 Å². The monoisotopic (exact) mass is 726 g/mol. The third-order valence-electron chi connectivity index (χ3n) is 11.8. The topological polar surface area (TPSA) is 21.3 Å². The zero-order valence-electron chi connectivity index (χ0n) is 30.9. The van der Waals surface area contributed by atoms with E-state index in [0.717, 1.165) is 55.5 Å². The molecule has 0 aliphatic heterocycles. The van der Waals surface area contributed by atoms with E-state index in [9.17, 15) is 0 Å². The lowest BCUT2D eigenvalue weighted by molar-refractivity contribution is 0.672. The molecule has 0 N–H and O–H groups in total. The fourth-order valence-electron chi connectivity index (χ4n) is 9.16. The number of anilines is 3. The Labute approximate surface area is 328 Å². The van der Waals surface area contributed by atoms with E-state index in [1.54, 1.807) is 0 Å². The first-order valence-corrected chi connectivity index (χ1v) is 19.5. The molecular formula is C54H34N2O. The summed E-state index contributed by atoms with van der Waals surface area (Å²) in [7, 11) is 0. The van der Waals surface area contributed by atoms with Crippen molar-refractivity contribution in [2.24, 2.45) is 0 Å². The van der Waals surface area contributed by atoms with Crippen LogP contribution in [-0.4, -0.2) is 4.57 Å². The summed E-state index contributed by atoms with van der Waals surface area (Å²) < 4.78 is 8.94. The molecule has 0 unspecified atom stereocenters. The first-order chi connectivity index (χ1) is 28.3. The minimum atomic E-state index is 0.904. The molecule has 10 aromatic carbocycles. The summed E-state index contributed by atoms with van der Waals surface area (Å²) in [5, 5.41) is 11.9. The van der Waals surface area contributed by atoms with E-state index in [1.807, 2.05) is 6.07 Å². The van der Waals surface area contributed by atoms with Crippen LogP contribution in [0, 0.1) is 0 Å². The van der Waals surface area contributed by atoms with Crippen LogP contribution in [0.3, 0.4) is 0 Å². The Morgan fingerprint density at radius 3 is 1.82 bits per heavy atom.